The summed E-state index contributed by atoms with van der Waals surface area (Å²) in [5.74, 6) is 2.59. The average molecular weight is 286 g/mol. The average Bonchev–Trinajstić information content (AvgIpc) is 2.84. The number of fused-ring (bicyclic) bond motifs is 5. The summed E-state index contributed by atoms with van der Waals surface area (Å²) >= 11 is 0. The van der Waals surface area contributed by atoms with Crippen LogP contribution in [0.3, 0.4) is 0 Å². The minimum Gasteiger partial charge on any atom is -0.299 e. The molecule has 2 nitrogen and oxygen atoms in total. The molecule has 0 radical (unpaired) electrons. The van der Waals surface area contributed by atoms with Crippen LogP contribution < -0.4 is 0 Å². The van der Waals surface area contributed by atoms with Gasteiger partial charge in [-0.15, -0.1) is 0 Å². The molecule has 5 atom stereocenters. The number of Topliss-reactive ketones (excluding diaryl/α,β-unsaturated/α-hetero) is 2. The highest BCUT2D eigenvalue weighted by Gasteiger charge is 2.60. The molecule has 21 heavy (non-hydrogen) atoms. The largest absolute Gasteiger partial charge is 0.299 e. The van der Waals surface area contributed by atoms with Crippen molar-refractivity contribution >= 4 is 11.6 Å². The van der Waals surface area contributed by atoms with E-state index in [2.05, 4.69) is 13.0 Å². The highest BCUT2D eigenvalue weighted by molar-refractivity contribution is 5.95. The Morgan fingerprint density at radius 2 is 2.05 bits per heavy atom. The standard InChI is InChI=1S/C19H26O2/c1-2-19-11-16(20)18-13-6-4-3-5-12(13)7-8-14(18)15(19)9-10-17(19)21/h5,13-15,18H,2-4,6-11H2,1H3/t13?,14?,15-,18+,19?/m0/s1. The maximum absolute atomic E-state index is 13.0. The van der Waals surface area contributed by atoms with Crippen LogP contribution in [0.5, 0.6) is 0 Å². The molecule has 0 saturated heterocycles. The van der Waals surface area contributed by atoms with Crippen molar-refractivity contribution < 1.29 is 9.59 Å². The van der Waals surface area contributed by atoms with E-state index in [0.29, 0.717) is 35.7 Å². The highest BCUT2D eigenvalue weighted by atomic mass is 16.1. The van der Waals surface area contributed by atoms with Crippen LogP contribution in [0.2, 0.25) is 0 Å². The Hall–Kier alpha value is -0.920. The van der Waals surface area contributed by atoms with Crippen LogP contribution >= 0.6 is 0 Å². The summed E-state index contributed by atoms with van der Waals surface area (Å²) in [4.78, 5) is 25.5. The summed E-state index contributed by atoms with van der Waals surface area (Å²) < 4.78 is 0. The Morgan fingerprint density at radius 3 is 2.86 bits per heavy atom. The van der Waals surface area contributed by atoms with Gasteiger partial charge in [-0.3, -0.25) is 9.59 Å². The number of ketones is 2. The molecule has 0 N–H and O–H groups in total. The molecule has 4 rings (SSSR count). The number of hydrogen-bond acceptors (Lipinski definition) is 2. The van der Waals surface area contributed by atoms with Crippen molar-refractivity contribution in [3.63, 3.8) is 0 Å². The first-order valence-electron chi connectivity index (χ1n) is 8.92. The first-order chi connectivity index (χ1) is 10.2. The van der Waals surface area contributed by atoms with Gasteiger partial charge >= 0.3 is 0 Å². The molecule has 0 heterocycles. The number of carbonyl (C=O) groups is 2. The van der Waals surface area contributed by atoms with Gasteiger partial charge in [-0.25, -0.2) is 0 Å². The Labute approximate surface area is 127 Å². The Kier molecular flexibility index (Phi) is 3.13. The molecular formula is C19H26O2. The van der Waals surface area contributed by atoms with Crippen LogP contribution in [-0.2, 0) is 9.59 Å². The Balaban J connectivity index is 1.72. The number of carbonyl (C=O) groups excluding carboxylic acids is 2. The predicted octanol–water partition coefficient (Wildman–Crippen LogP) is 4.09. The van der Waals surface area contributed by atoms with Crippen LogP contribution in [0.15, 0.2) is 11.6 Å². The summed E-state index contributed by atoms with van der Waals surface area (Å²) in [5.41, 5.74) is 1.30. The van der Waals surface area contributed by atoms with Gasteiger partial charge in [0.15, 0.2) is 0 Å². The van der Waals surface area contributed by atoms with Gasteiger partial charge in [-0.1, -0.05) is 18.6 Å². The molecule has 0 aliphatic heterocycles. The van der Waals surface area contributed by atoms with E-state index in [1.54, 1.807) is 5.57 Å². The topological polar surface area (TPSA) is 34.1 Å². The van der Waals surface area contributed by atoms with Gasteiger partial charge in [0.1, 0.15) is 11.6 Å². The second-order valence-electron chi connectivity index (χ2n) is 7.77. The van der Waals surface area contributed by atoms with Gasteiger partial charge in [0.05, 0.1) is 0 Å². The lowest BCUT2D eigenvalue weighted by atomic mass is 9.51. The van der Waals surface area contributed by atoms with E-state index in [9.17, 15) is 9.59 Å². The minimum absolute atomic E-state index is 0.251. The monoisotopic (exact) mass is 286 g/mol. The molecule has 4 aliphatic rings. The van der Waals surface area contributed by atoms with Crippen molar-refractivity contribution in [2.45, 2.75) is 64.7 Å². The molecule has 3 unspecified atom stereocenters. The maximum Gasteiger partial charge on any atom is 0.139 e. The molecule has 4 aliphatic carbocycles. The van der Waals surface area contributed by atoms with Crippen LogP contribution in [0.1, 0.15) is 64.7 Å². The van der Waals surface area contributed by atoms with Crippen LogP contribution in [-0.4, -0.2) is 11.6 Å². The highest BCUT2D eigenvalue weighted by Crippen LogP contribution is 2.60. The summed E-state index contributed by atoms with van der Waals surface area (Å²) in [6, 6.07) is 0. The van der Waals surface area contributed by atoms with Crippen molar-refractivity contribution in [1.82, 2.24) is 0 Å². The van der Waals surface area contributed by atoms with Crippen molar-refractivity contribution in [2.24, 2.45) is 29.1 Å². The first kappa shape index (κ1) is 13.7. The van der Waals surface area contributed by atoms with E-state index in [1.165, 1.54) is 25.7 Å². The molecule has 0 aromatic heterocycles. The van der Waals surface area contributed by atoms with E-state index in [-0.39, 0.29) is 11.3 Å². The van der Waals surface area contributed by atoms with Gasteiger partial charge in [0.25, 0.3) is 0 Å². The minimum atomic E-state index is -0.270. The summed E-state index contributed by atoms with van der Waals surface area (Å²) in [6.07, 6.45) is 11.6. The van der Waals surface area contributed by atoms with Gasteiger partial charge in [-0.05, 0) is 62.7 Å². The maximum atomic E-state index is 13.0. The van der Waals surface area contributed by atoms with Crippen molar-refractivity contribution in [2.75, 3.05) is 0 Å². The third-order valence-electron chi connectivity index (χ3n) is 7.22. The number of allylic oxidation sites excluding steroid dienone is 2. The van der Waals surface area contributed by atoms with Gasteiger partial charge in [0.2, 0.25) is 0 Å². The molecule has 3 saturated carbocycles. The normalized spacial score (nSPS) is 45.7. The third kappa shape index (κ3) is 1.77. The van der Waals surface area contributed by atoms with Gasteiger partial charge in [-0.2, -0.15) is 0 Å². The Bertz CT molecular complexity index is 518. The molecule has 114 valence electrons. The van der Waals surface area contributed by atoms with E-state index >= 15 is 0 Å². The quantitative estimate of drug-likeness (QED) is 0.680. The van der Waals surface area contributed by atoms with Crippen LogP contribution in [0, 0.1) is 29.1 Å². The Morgan fingerprint density at radius 1 is 1.19 bits per heavy atom. The van der Waals surface area contributed by atoms with Crippen molar-refractivity contribution in [3.8, 4) is 0 Å². The summed E-state index contributed by atoms with van der Waals surface area (Å²) in [6.45, 7) is 2.12. The van der Waals surface area contributed by atoms with Crippen LogP contribution in [0.4, 0.5) is 0 Å². The summed E-state index contributed by atoms with van der Waals surface area (Å²) in [5, 5.41) is 0. The van der Waals surface area contributed by atoms with Gasteiger partial charge < -0.3 is 0 Å². The zero-order chi connectivity index (χ0) is 14.6. The zero-order valence-electron chi connectivity index (χ0n) is 13.1. The molecule has 0 bridgehead atoms. The van der Waals surface area contributed by atoms with E-state index in [0.717, 1.165) is 25.7 Å². The second-order valence-corrected chi connectivity index (χ2v) is 7.77. The molecule has 2 heteroatoms. The van der Waals surface area contributed by atoms with Gasteiger partial charge in [0, 0.05) is 24.2 Å². The second kappa shape index (κ2) is 4.79. The fraction of sp³-hybridized carbons (Fsp3) is 0.789. The lowest BCUT2D eigenvalue weighted by molar-refractivity contribution is -0.147. The fourth-order valence-electron chi connectivity index (χ4n) is 6.27. The lowest BCUT2D eigenvalue weighted by Crippen LogP contribution is -2.52. The van der Waals surface area contributed by atoms with Crippen LogP contribution in [0.25, 0.3) is 0 Å². The summed E-state index contributed by atoms with van der Waals surface area (Å²) in [7, 11) is 0. The van der Waals surface area contributed by atoms with E-state index in [1.807, 2.05) is 0 Å². The molecule has 3 fully saturated rings. The van der Waals surface area contributed by atoms with E-state index < -0.39 is 0 Å². The molecule has 0 aromatic rings. The molecule has 0 aromatic carbocycles. The van der Waals surface area contributed by atoms with Crippen molar-refractivity contribution in [3.05, 3.63) is 11.6 Å². The fourth-order valence-corrected chi connectivity index (χ4v) is 6.27. The third-order valence-corrected chi connectivity index (χ3v) is 7.22. The van der Waals surface area contributed by atoms with E-state index in [4.69, 9.17) is 0 Å². The molecule has 0 amide bonds. The molecular weight excluding hydrogens is 260 g/mol. The number of rotatable bonds is 1. The smallest absolute Gasteiger partial charge is 0.139 e. The first-order valence-corrected chi connectivity index (χ1v) is 8.92. The predicted molar refractivity (Wildman–Crippen MR) is 81.7 cm³/mol. The van der Waals surface area contributed by atoms with Crippen molar-refractivity contribution in [1.29, 1.82) is 0 Å². The lowest BCUT2D eigenvalue weighted by Gasteiger charge is -2.51. The zero-order valence-corrected chi connectivity index (χ0v) is 13.1. The SMILES string of the molecule is CCC12CC(=O)[C@@H]3C4CCCC=C4CCC3[C@@H]1CCC2=O. The molecule has 0 spiro atoms. The number of hydrogen-bond donors (Lipinski definition) is 0.